The van der Waals surface area contributed by atoms with Gasteiger partial charge in [0.2, 0.25) is 10.0 Å². The summed E-state index contributed by atoms with van der Waals surface area (Å²) in [4.78, 5) is 14.6. The number of ether oxygens (including phenoxy) is 1. The molecule has 0 spiro atoms. The lowest BCUT2D eigenvalue weighted by molar-refractivity contribution is -0.145. The fourth-order valence-electron chi connectivity index (χ4n) is 2.05. The highest BCUT2D eigenvalue weighted by molar-refractivity contribution is 7.89. The topological polar surface area (TPSA) is 121 Å². The molecule has 0 aliphatic carbocycles. The van der Waals surface area contributed by atoms with Crippen LogP contribution in [0.4, 0.5) is 0 Å². The van der Waals surface area contributed by atoms with E-state index in [9.17, 15) is 13.2 Å². The first kappa shape index (κ1) is 20.0. The molecule has 0 aliphatic heterocycles. The third-order valence-corrected chi connectivity index (χ3v) is 4.61. The Balaban J connectivity index is 2.95. The number of hydrogen-bond acceptors (Lipinski definition) is 5. The number of benzene rings is 1. The number of azide groups is 1. The maximum Gasteiger partial charge on any atom is 0.324 e. The third-order valence-electron chi connectivity index (χ3n) is 3.13. The van der Waals surface area contributed by atoms with Crippen LogP contribution in [0.2, 0.25) is 0 Å². The number of nitrogens with zero attached hydrogens (tertiary/aromatic N) is 3. The van der Waals surface area contributed by atoms with Gasteiger partial charge in [0.25, 0.3) is 0 Å². The van der Waals surface area contributed by atoms with Gasteiger partial charge in [-0.2, -0.15) is 4.72 Å². The number of rotatable bonds is 9. The second kappa shape index (κ2) is 9.27. The van der Waals surface area contributed by atoms with Gasteiger partial charge >= 0.3 is 5.97 Å². The standard InChI is InChI=1S/C15H22N4O4S/c1-4-23-15(20)14(9-11(2)3)18-24(21,22)13-7-5-12(6-8-13)10-17-19-16/h5-8,11,14,18H,4,9-10H2,1-3H3/t14-/m0/s1. The SMILES string of the molecule is CCOC(=O)[C@H](CC(C)C)NS(=O)(=O)c1ccc(CN=[N+]=[N-])cc1. The van der Waals surface area contributed by atoms with Crippen molar-refractivity contribution in [3.05, 3.63) is 40.3 Å². The molecular formula is C15H22N4O4S. The minimum Gasteiger partial charge on any atom is -0.465 e. The van der Waals surface area contributed by atoms with Crippen LogP contribution in [0, 0.1) is 5.92 Å². The van der Waals surface area contributed by atoms with Gasteiger partial charge in [0.15, 0.2) is 0 Å². The number of esters is 1. The van der Waals surface area contributed by atoms with E-state index in [1.54, 1.807) is 19.1 Å². The van der Waals surface area contributed by atoms with Gasteiger partial charge in [0.1, 0.15) is 6.04 Å². The van der Waals surface area contributed by atoms with Crippen molar-refractivity contribution in [1.29, 1.82) is 0 Å². The lowest BCUT2D eigenvalue weighted by atomic mass is 10.1. The zero-order chi connectivity index (χ0) is 18.2. The largest absolute Gasteiger partial charge is 0.465 e. The van der Waals surface area contributed by atoms with E-state index in [0.717, 1.165) is 0 Å². The molecule has 0 saturated heterocycles. The van der Waals surface area contributed by atoms with Gasteiger partial charge in [-0.25, -0.2) is 8.42 Å². The average Bonchev–Trinajstić information content (AvgIpc) is 2.52. The Hall–Kier alpha value is -2.09. The second-order valence-corrected chi connectivity index (χ2v) is 7.30. The number of carbonyl (C=O) groups is 1. The van der Waals surface area contributed by atoms with E-state index >= 15 is 0 Å². The van der Waals surface area contributed by atoms with Crippen LogP contribution in [0.25, 0.3) is 10.4 Å². The number of sulfonamides is 1. The van der Waals surface area contributed by atoms with Crippen molar-refractivity contribution in [3.8, 4) is 0 Å². The zero-order valence-corrected chi connectivity index (χ0v) is 14.8. The average molecular weight is 354 g/mol. The molecule has 1 rings (SSSR count). The lowest BCUT2D eigenvalue weighted by Gasteiger charge is -2.19. The van der Waals surface area contributed by atoms with Crippen molar-refractivity contribution in [2.24, 2.45) is 11.0 Å². The van der Waals surface area contributed by atoms with Crippen LogP contribution in [0.1, 0.15) is 32.8 Å². The molecule has 0 saturated carbocycles. The van der Waals surface area contributed by atoms with Gasteiger partial charge < -0.3 is 4.74 Å². The molecule has 0 aliphatic rings. The molecule has 1 aromatic carbocycles. The first-order chi connectivity index (χ1) is 11.3. The molecule has 1 N–H and O–H groups in total. The molecule has 0 heterocycles. The van der Waals surface area contributed by atoms with E-state index in [0.29, 0.717) is 12.0 Å². The smallest absolute Gasteiger partial charge is 0.324 e. The van der Waals surface area contributed by atoms with Crippen LogP contribution in [0.3, 0.4) is 0 Å². The fraction of sp³-hybridized carbons (Fsp3) is 0.533. The summed E-state index contributed by atoms with van der Waals surface area (Å²) in [6.07, 6.45) is 0.340. The fourth-order valence-corrected chi connectivity index (χ4v) is 3.25. The van der Waals surface area contributed by atoms with Crippen LogP contribution in [0.5, 0.6) is 0 Å². The first-order valence-electron chi connectivity index (χ1n) is 7.59. The Morgan fingerprint density at radius 1 is 1.33 bits per heavy atom. The van der Waals surface area contributed by atoms with Crippen LogP contribution in [-0.2, 0) is 26.1 Å². The van der Waals surface area contributed by atoms with E-state index in [-0.39, 0.29) is 24.0 Å². The Kier molecular flexibility index (Phi) is 7.70. The van der Waals surface area contributed by atoms with Crippen LogP contribution in [0.15, 0.2) is 34.3 Å². The molecule has 0 unspecified atom stereocenters. The molecule has 1 atom stereocenters. The first-order valence-corrected chi connectivity index (χ1v) is 9.07. The minimum absolute atomic E-state index is 0.0326. The van der Waals surface area contributed by atoms with Crippen molar-refractivity contribution < 1.29 is 17.9 Å². The molecule has 1 aromatic rings. The van der Waals surface area contributed by atoms with E-state index in [1.165, 1.54) is 12.1 Å². The highest BCUT2D eigenvalue weighted by Crippen LogP contribution is 2.15. The van der Waals surface area contributed by atoms with Crippen molar-refractivity contribution in [2.45, 2.75) is 44.7 Å². The number of hydrogen-bond donors (Lipinski definition) is 1. The van der Waals surface area contributed by atoms with Gasteiger partial charge in [0.05, 0.1) is 18.0 Å². The molecule has 132 valence electrons. The van der Waals surface area contributed by atoms with E-state index in [4.69, 9.17) is 10.3 Å². The Morgan fingerprint density at radius 2 is 1.96 bits per heavy atom. The lowest BCUT2D eigenvalue weighted by Crippen LogP contribution is -2.42. The van der Waals surface area contributed by atoms with Crippen LogP contribution < -0.4 is 4.72 Å². The van der Waals surface area contributed by atoms with Gasteiger partial charge in [-0.15, -0.1) is 0 Å². The maximum atomic E-state index is 12.5. The highest BCUT2D eigenvalue weighted by Gasteiger charge is 2.27. The van der Waals surface area contributed by atoms with E-state index in [1.807, 2.05) is 13.8 Å². The van der Waals surface area contributed by atoms with E-state index in [2.05, 4.69) is 14.7 Å². The molecule has 9 heteroatoms. The second-order valence-electron chi connectivity index (χ2n) is 5.59. The Bertz CT molecular complexity index is 695. The third kappa shape index (κ3) is 6.19. The Labute approximate surface area is 141 Å². The summed E-state index contributed by atoms with van der Waals surface area (Å²) in [5.41, 5.74) is 8.98. The molecule has 0 amide bonds. The monoisotopic (exact) mass is 354 g/mol. The van der Waals surface area contributed by atoms with Gasteiger partial charge in [-0.1, -0.05) is 31.1 Å². The van der Waals surface area contributed by atoms with Crippen LogP contribution >= 0.6 is 0 Å². The Morgan fingerprint density at radius 3 is 2.46 bits per heavy atom. The number of nitrogens with one attached hydrogen (secondary N) is 1. The minimum atomic E-state index is -3.86. The van der Waals surface area contributed by atoms with E-state index < -0.39 is 22.0 Å². The van der Waals surface area contributed by atoms with Crippen molar-refractivity contribution in [2.75, 3.05) is 6.61 Å². The summed E-state index contributed by atoms with van der Waals surface area (Å²) < 4.78 is 32.3. The molecule has 0 fully saturated rings. The zero-order valence-electron chi connectivity index (χ0n) is 14.0. The van der Waals surface area contributed by atoms with Crippen molar-refractivity contribution >= 4 is 16.0 Å². The molecular weight excluding hydrogens is 332 g/mol. The molecule has 24 heavy (non-hydrogen) atoms. The summed E-state index contributed by atoms with van der Waals surface area (Å²) in [6, 6.07) is 5.00. The quantitative estimate of drug-likeness (QED) is 0.317. The maximum absolute atomic E-state index is 12.5. The van der Waals surface area contributed by atoms with Crippen molar-refractivity contribution in [3.63, 3.8) is 0 Å². The molecule has 0 bridgehead atoms. The predicted octanol–water partition coefficient (Wildman–Crippen LogP) is 2.75. The van der Waals surface area contributed by atoms with Gasteiger partial charge in [0, 0.05) is 4.91 Å². The van der Waals surface area contributed by atoms with Gasteiger partial charge in [-0.05, 0) is 42.5 Å². The summed E-state index contributed by atoms with van der Waals surface area (Å²) in [5.74, 6) is -0.469. The summed E-state index contributed by atoms with van der Waals surface area (Å²) in [5, 5.41) is 3.41. The molecule has 8 nitrogen and oxygen atoms in total. The van der Waals surface area contributed by atoms with Crippen molar-refractivity contribution in [1.82, 2.24) is 4.72 Å². The van der Waals surface area contributed by atoms with Crippen LogP contribution in [-0.4, -0.2) is 27.0 Å². The number of carbonyl (C=O) groups excluding carboxylic acids is 1. The summed E-state index contributed by atoms with van der Waals surface area (Å²) in [6.45, 7) is 5.78. The molecule has 0 aromatic heterocycles. The normalized spacial score (nSPS) is 12.5. The predicted molar refractivity (Wildman–Crippen MR) is 89.5 cm³/mol. The summed E-state index contributed by atoms with van der Waals surface area (Å²) in [7, 11) is -3.86. The highest BCUT2D eigenvalue weighted by atomic mass is 32.2. The molecule has 0 radical (unpaired) electrons. The van der Waals surface area contributed by atoms with Gasteiger partial charge in [-0.3, -0.25) is 4.79 Å². The summed E-state index contributed by atoms with van der Waals surface area (Å²) >= 11 is 0.